The fraction of sp³-hybridized carbons (Fsp3) is 0.800. The van der Waals surface area contributed by atoms with E-state index in [2.05, 4.69) is 16.5 Å². The third-order valence-electron chi connectivity index (χ3n) is 4.22. The molecule has 1 fully saturated rings. The molecule has 2 heterocycles. The molecule has 0 aliphatic carbocycles. The molecule has 1 aliphatic heterocycles. The number of nitrogens with one attached hydrogen (secondary N) is 1. The van der Waals surface area contributed by atoms with Gasteiger partial charge in [-0.2, -0.15) is 5.10 Å². The SMILES string of the molecule is COCCNCC1(CCc2ccnn2C)CCCOC1. The fourth-order valence-corrected chi connectivity index (χ4v) is 2.90. The van der Waals surface area contributed by atoms with E-state index in [0.717, 1.165) is 52.2 Å². The molecule has 1 aromatic rings. The minimum atomic E-state index is 0.260. The van der Waals surface area contributed by atoms with Gasteiger partial charge in [-0.1, -0.05) is 0 Å². The number of nitrogens with zero attached hydrogens (tertiary/aromatic N) is 2. The smallest absolute Gasteiger partial charge is 0.0587 e. The van der Waals surface area contributed by atoms with Crippen molar-refractivity contribution in [1.82, 2.24) is 15.1 Å². The first-order chi connectivity index (χ1) is 9.76. The molecule has 1 atom stereocenters. The number of methoxy groups -OCH3 is 1. The van der Waals surface area contributed by atoms with Crippen molar-refractivity contribution >= 4 is 0 Å². The molecule has 1 unspecified atom stereocenters. The summed E-state index contributed by atoms with van der Waals surface area (Å²) in [6, 6.07) is 2.11. The van der Waals surface area contributed by atoms with Crippen LogP contribution < -0.4 is 5.32 Å². The molecule has 1 N–H and O–H groups in total. The van der Waals surface area contributed by atoms with Gasteiger partial charge in [-0.05, 0) is 31.7 Å². The molecule has 5 nitrogen and oxygen atoms in total. The van der Waals surface area contributed by atoms with Crippen LogP contribution in [-0.2, 0) is 22.9 Å². The summed E-state index contributed by atoms with van der Waals surface area (Å²) in [5, 5.41) is 7.76. The summed E-state index contributed by atoms with van der Waals surface area (Å²) in [5.74, 6) is 0. The minimum Gasteiger partial charge on any atom is -0.383 e. The monoisotopic (exact) mass is 281 g/mol. The lowest BCUT2D eigenvalue weighted by molar-refractivity contribution is -0.0126. The average molecular weight is 281 g/mol. The van der Waals surface area contributed by atoms with Crippen molar-refractivity contribution in [3.8, 4) is 0 Å². The molecule has 5 heteroatoms. The van der Waals surface area contributed by atoms with Gasteiger partial charge in [-0.25, -0.2) is 0 Å². The lowest BCUT2D eigenvalue weighted by Gasteiger charge is -2.37. The Morgan fingerprint density at radius 2 is 2.45 bits per heavy atom. The quantitative estimate of drug-likeness (QED) is 0.732. The predicted molar refractivity (Wildman–Crippen MR) is 78.8 cm³/mol. The molecule has 1 aliphatic rings. The molecule has 114 valence electrons. The molecular weight excluding hydrogens is 254 g/mol. The van der Waals surface area contributed by atoms with Crippen molar-refractivity contribution in [2.24, 2.45) is 12.5 Å². The van der Waals surface area contributed by atoms with Crippen molar-refractivity contribution in [3.05, 3.63) is 18.0 Å². The van der Waals surface area contributed by atoms with Crippen molar-refractivity contribution in [2.45, 2.75) is 25.7 Å². The Hall–Kier alpha value is -0.910. The number of hydrogen-bond acceptors (Lipinski definition) is 4. The summed E-state index contributed by atoms with van der Waals surface area (Å²) in [6.07, 6.45) is 6.48. The normalized spacial score (nSPS) is 23.1. The molecule has 2 rings (SSSR count). The maximum Gasteiger partial charge on any atom is 0.0587 e. The van der Waals surface area contributed by atoms with Crippen LogP contribution in [0, 0.1) is 5.41 Å². The van der Waals surface area contributed by atoms with Crippen LogP contribution in [0.3, 0.4) is 0 Å². The molecule has 0 amide bonds. The maximum atomic E-state index is 5.75. The highest BCUT2D eigenvalue weighted by molar-refractivity contribution is 5.01. The van der Waals surface area contributed by atoms with Gasteiger partial charge in [0.15, 0.2) is 0 Å². The highest BCUT2D eigenvalue weighted by atomic mass is 16.5. The summed E-state index contributed by atoms with van der Waals surface area (Å²) < 4.78 is 12.8. The highest BCUT2D eigenvalue weighted by Gasteiger charge is 2.32. The molecule has 0 bridgehead atoms. The number of ether oxygens (including phenoxy) is 2. The van der Waals surface area contributed by atoms with E-state index in [1.165, 1.54) is 12.1 Å². The van der Waals surface area contributed by atoms with Crippen LogP contribution in [0.2, 0.25) is 0 Å². The highest BCUT2D eigenvalue weighted by Crippen LogP contribution is 2.33. The van der Waals surface area contributed by atoms with E-state index in [1.54, 1.807) is 7.11 Å². The van der Waals surface area contributed by atoms with Gasteiger partial charge >= 0.3 is 0 Å². The Morgan fingerprint density at radius 3 is 3.10 bits per heavy atom. The average Bonchev–Trinajstić information content (AvgIpc) is 2.88. The van der Waals surface area contributed by atoms with Crippen molar-refractivity contribution in [2.75, 3.05) is 40.0 Å². The summed E-state index contributed by atoms with van der Waals surface area (Å²) >= 11 is 0. The van der Waals surface area contributed by atoms with Crippen LogP contribution in [0.1, 0.15) is 25.0 Å². The first-order valence-corrected chi connectivity index (χ1v) is 7.50. The van der Waals surface area contributed by atoms with E-state index < -0.39 is 0 Å². The van der Waals surface area contributed by atoms with E-state index in [1.807, 2.05) is 17.9 Å². The Kier molecular flexibility index (Phi) is 6.01. The van der Waals surface area contributed by atoms with Crippen molar-refractivity contribution in [3.63, 3.8) is 0 Å². The zero-order valence-electron chi connectivity index (χ0n) is 12.7. The van der Waals surface area contributed by atoms with Crippen LogP contribution in [-0.4, -0.2) is 49.8 Å². The second-order valence-electron chi connectivity index (χ2n) is 5.77. The van der Waals surface area contributed by atoms with E-state index in [0.29, 0.717) is 0 Å². The van der Waals surface area contributed by atoms with Gasteiger partial charge in [-0.15, -0.1) is 0 Å². The number of rotatable bonds is 8. The van der Waals surface area contributed by atoms with Gasteiger partial charge in [0.1, 0.15) is 0 Å². The van der Waals surface area contributed by atoms with E-state index in [9.17, 15) is 0 Å². The number of hydrogen-bond donors (Lipinski definition) is 1. The number of aromatic nitrogens is 2. The molecule has 1 saturated heterocycles. The molecular formula is C15H27N3O2. The maximum absolute atomic E-state index is 5.75. The predicted octanol–water partition coefficient (Wildman–Crippen LogP) is 1.39. The van der Waals surface area contributed by atoms with Crippen LogP contribution in [0.25, 0.3) is 0 Å². The summed E-state index contributed by atoms with van der Waals surface area (Å²) in [5.41, 5.74) is 1.56. The lowest BCUT2D eigenvalue weighted by Crippen LogP contribution is -2.42. The zero-order valence-corrected chi connectivity index (χ0v) is 12.7. The Balaban J connectivity index is 1.87. The lowest BCUT2D eigenvalue weighted by atomic mass is 9.78. The molecule has 0 aromatic carbocycles. The Morgan fingerprint density at radius 1 is 1.55 bits per heavy atom. The van der Waals surface area contributed by atoms with Gasteiger partial charge in [-0.3, -0.25) is 4.68 Å². The minimum absolute atomic E-state index is 0.260. The van der Waals surface area contributed by atoms with Gasteiger partial charge in [0.05, 0.1) is 13.2 Å². The second kappa shape index (κ2) is 7.76. The second-order valence-corrected chi connectivity index (χ2v) is 5.77. The van der Waals surface area contributed by atoms with E-state index in [4.69, 9.17) is 9.47 Å². The summed E-state index contributed by atoms with van der Waals surface area (Å²) in [7, 11) is 3.75. The first-order valence-electron chi connectivity index (χ1n) is 7.50. The standard InChI is InChI=1S/C15H27N3O2/c1-18-14(5-8-17-18)4-7-15(6-3-10-20-13-15)12-16-9-11-19-2/h5,8,16H,3-4,6-7,9-13H2,1-2H3. The van der Waals surface area contributed by atoms with Gasteiger partial charge in [0, 0.05) is 51.2 Å². The van der Waals surface area contributed by atoms with Crippen LogP contribution in [0.4, 0.5) is 0 Å². The zero-order chi connectivity index (χ0) is 14.3. The first kappa shape index (κ1) is 15.5. The topological polar surface area (TPSA) is 48.3 Å². The Bertz CT molecular complexity index is 386. The fourth-order valence-electron chi connectivity index (χ4n) is 2.90. The van der Waals surface area contributed by atoms with E-state index in [-0.39, 0.29) is 5.41 Å². The van der Waals surface area contributed by atoms with E-state index >= 15 is 0 Å². The molecule has 20 heavy (non-hydrogen) atoms. The van der Waals surface area contributed by atoms with Crippen molar-refractivity contribution in [1.29, 1.82) is 0 Å². The number of aryl methyl sites for hydroxylation is 2. The van der Waals surface area contributed by atoms with Gasteiger partial charge < -0.3 is 14.8 Å². The largest absolute Gasteiger partial charge is 0.383 e. The van der Waals surface area contributed by atoms with Gasteiger partial charge in [0.2, 0.25) is 0 Å². The van der Waals surface area contributed by atoms with Gasteiger partial charge in [0.25, 0.3) is 0 Å². The molecule has 0 saturated carbocycles. The Labute approximate surface area is 121 Å². The summed E-state index contributed by atoms with van der Waals surface area (Å²) in [4.78, 5) is 0. The van der Waals surface area contributed by atoms with Crippen LogP contribution in [0.15, 0.2) is 12.3 Å². The molecule has 0 spiro atoms. The third kappa shape index (κ3) is 4.30. The van der Waals surface area contributed by atoms with Crippen molar-refractivity contribution < 1.29 is 9.47 Å². The third-order valence-corrected chi connectivity index (χ3v) is 4.22. The van der Waals surface area contributed by atoms with Crippen LogP contribution >= 0.6 is 0 Å². The van der Waals surface area contributed by atoms with Crippen LogP contribution in [0.5, 0.6) is 0 Å². The molecule has 0 radical (unpaired) electrons. The molecule has 1 aromatic heterocycles. The summed E-state index contributed by atoms with van der Waals surface area (Å²) in [6.45, 7) is 4.45.